The summed E-state index contributed by atoms with van der Waals surface area (Å²) in [6, 6.07) is 19.0. The molecular weight excluding hydrogens is 1370 g/mol. The topological polar surface area (TPSA) is 105 Å². The average molecular weight is 1420 g/mol. The molecule has 4 aromatic heterocycles. The second-order valence-corrected chi connectivity index (χ2v) is 26.5. The lowest BCUT2D eigenvalue weighted by Crippen LogP contribution is -2.27. The van der Waals surface area contributed by atoms with Gasteiger partial charge in [-0.25, -0.2) is 4.98 Å². The standard InChI is InChI=1S/2C20H16F6N2OS2.C20H14F6N2S2/c1-3-30-16-12-6-4-11(20(24,25)26)9-15(12)31-17(16)18(29)28(2)14-7-5-10(8-13(14)27)19(21,22)23;1-3-30-16-12-6-4-11(20(24,25)26)9-15(12)31-17(16)18(29)28-14-8-10(19(21,22)23)5-7-13(14)27-2;1-3-29-16-12-6-4-11(20(24,25)26)9-15(12)30-17(16)18-27-13-8-10(19(21,22)23)5-7-14(13)28(18)2/h4-9H,3,27H2,1-2H3;4-9,27H,3H2,1-2H3,(H,28,29);4-9H,3H2,1-2H3. The largest absolute Gasteiger partial charge is 0.416 e. The van der Waals surface area contributed by atoms with Gasteiger partial charge in [-0.2, -0.15) is 79.0 Å². The number of carbonyl (C=O) groups excluding carboxylic acids is 2. The fourth-order valence-electron chi connectivity index (χ4n) is 9.15. The van der Waals surface area contributed by atoms with Gasteiger partial charge in [-0.1, -0.05) is 39.0 Å². The lowest BCUT2D eigenvalue weighted by molar-refractivity contribution is -0.138. The predicted octanol–water partition coefficient (Wildman–Crippen LogP) is 21.9. The van der Waals surface area contributed by atoms with Crippen LogP contribution in [0, 0.1) is 0 Å². The van der Waals surface area contributed by atoms with Crippen molar-refractivity contribution in [1.82, 2.24) is 9.55 Å². The molecule has 0 fully saturated rings. The molecule has 4 heterocycles. The minimum Gasteiger partial charge on any atom is -0.397 e. The molecule has 0 bridgehead atoms. The molecule has 92 heavy (non-hydrogen) atoms. The van der Waals surface area contributed by atoms with E-state index in [1.165, 1.54) is 79.7 Å². The van der Waals surface area contributed by atoms with Gasteiger partial charge in [0.25, 0.3) is 11.8 Å². The van der Waals surface area contributed by atoms with E-state index in [1.54, 1.807) is 11.6 Å². The first-order valence-corrected chi connectivity index (χ1v) is 32.0. The number of nitrogens with zero attached hydrogens (tertiary/aromatic N) is 3. The van der Waals surface area contributed by atoms with Crippen molar-refractivity contribution in [3.63, 3.8) is 0 Å². The molecule has 8 nitrogen and oxygen atoms in total. The minimum atomic E-state index is -4.60. The first kappa shape index (κ1) is 70.9. The van der Waals surface area contributed by atoms with Gasteiger partial charge in [0.1, 0.15) is 9.75 Å². The molecule has 0 atom stereocenters. The van der Waals surface area contributed by atoms with Crippen molar-refractivity contribution < 1.29 is 88.6 Å². The van der Waals surface area contributed by atoms with Gasteiger partial charge in [-0.15, -0.1) is 69.3 Å². The molecule has 10 aromatic rings. The fourth-order valence-corrected chi connectivity index (χ4v) is 16.1. The molecular formula is C60H46F18N6O2S6. The van der Waals surface area contributed by atoms with E-state index in [2.05, 4.69) is 15.6 Å². The fraction of sp³-hybridized carbons (Fsp3) is 0.250. The number of thiophene rings is 3. The van der Waals surface area contributed by atoms with Gasteiger partial charge in [-0.05, 0) is 108 Å². The molecule has 0 unspecified atom stereocenters. The zero-order valence-corrected chi connectivity index (χ0v) is 52.9. The minimum absolute atomic E-state index is 0.0684. The molecule has 0 radical (unpaired) electrons. The van der Waals surface area contributed by atoms with Crippen molar-refractivity contribution >= 4 is 145 Å². The van der Waals surface area contributed by atoms with E-state index in [0.717, 1.165) is 123 Å². The highest BCUT2D eigenvalue weighted by molar-refractivity contribution is 8.00. The number of fused-ring (bicyclic) bond motifs is 4. The summed E-state index contributed by atoms with van der Waals surface area (Å²) in [5.41, 5.74) is 1.39. The van der Waals surface area contributed by atoms with E-state index >= 15 is 0 Å². The molecule has 6 aromatic carbocycles. The third kappa shape index (κ3) is 15.5. The number of nitrogen functional groups attached to an aromatic ring is 1. The Hall–Kier alpha value is -7.00. The van der Waals surface area contributed by atoms with Gasteiger partial charge in [0.15, 0.2) is 5.82 Å². The Morgan fingerprint density at radius 2 is 0.902 bits per heavy atom. The normalized spacial score (nSPS) is 12.5. The van der Waals surface area contributed by atoms with Crippen LogP contribution in [0.15, 0.2) is 124 Å². The van der Waals surface area contributed by atoms with E-state index in [1.807, 2.05) is 20.8 Å². The number of thioether (sulfide) groups is 3. The highest BCUT2D eigenvalue weighted by Gasteiger charge is 2.37. The Kier molecular flexibility index (Phi) is 20.9. The van der Waals surface area contributed by atoms with E-state index in [-0.39, 0.29) is 42.7 Å². The monoisotopic (exact) mass is 1420 g/mol. The van der Waals surface area contributed by atoms with Crippen molar-refractivity contribution in [2.75, 3.05) is 52.6 Å². The summed E-state index contributed by atoms with van der Waals surface area (Å²) >= 11 is 6.99. The van der Waals surface area contributed by atoms with Crippen LogP contribution in [0.3, 0.4) is 0 Å². The van der Waals surface area contributed by atoms with E-state index in [9.17, 15) is 88.6 Å². The van der Waals surface area contributed by atoms with Crippen LogP contribution in [-0.4, -0.2) is 52.7 Å². The highest BCUT2D eigenvalue weighted by atomic mass is 32.2. The quantitative estimate of drug-likeness (QED) is 0.0631. The number of benzene rings is 6. The Balaban J connectivity index is 0.000000178. The summed E-state index contributed by atoms with van der Waals surface area (Å²) in [6.07, 6.45) is -27.2. The maximum atomic E-state index is 13.1. The van der Waals surface area contributed by atoms with Crippen molar-refractivity contribution in [3.8, 4) is 10.7 Å². The van der Waals surface area contributed by atoms with Crippen molar-refractivity contribution in [1.29, 1.82) is 0 Å². The van der Waals surface area contributed by atoms with Crippen molar-refractivity contribution in [2.45, 2.75) is 72.5 Å². The van der Waals surface area contributed by atoms with Crippen LogP contribution in [-0.2, 0) is 44.1 Å². The third-order valence-electron chi connectivity index (χ3n) is 13.5. The second-order valence-electron chi connectivity index (χ2n) is 19.5. The second kappa shape index (κ2) is 27.1. The number of halogens is 18. The zero-order valence-electron chi connectivity index (χ0n) is 48.0. The summed E-state index contributed by atoms with van der Waals surface area (Å²) in [4.78, 5) is 34.4. The van der Waals surface area contributed by atoms with E-state index in [0.29, 0.717) is 68.8 Å². The number of anilines is 4. The van der Waals surface area contributed by atoms with Gasteiger partial charge in [0, 0.05) is 66.1 Å². The number of amides is 2. The Morgan fingerprint density at radius 1 is 0.511 bits per heavy atom. The highest BCUT2D eigenvalue weighted by Crippen LogP contribution is 2.48. The molecule has 4 N–H and O–H groups in total. The average Bonchev–Trinajstić information content (AvgIpc) is 1.61. The first-order valence-electron chi connectivity index (χ1n) is 26.6. The van der Waals surface area contributed by atoms with Crippen LogP contribution in [0.1, 0.15) is 73.5 Å². The molecule has 490 valence electrons. The van der Waals surface area contributed by atoms with Crippen LogP contribution in [0.25, 0.3) is 52.0 Å². The van der Waals surface area contributed by atoms with Crippen molar-refractivity contribution in [3.05, 3.63) is 152 Å². The van der Waals surface area contributed by atoms with Gasteiger partial charge in [0.2, 0.25) is 0 Å². The van der Waals surface area contributed by atoms with Crippen LogP contribution < -0.4 is 21.3 Å². The number of carbonyl (C=O) groups is 2. The number of rotatable bonds is 12. The number of imidazole rings is 1. The maximum absolute atomic E-state index is 13.1. The number of nitrogens with one attached hydrogen (secondary N) is 2. The Labute approximate surface area is 535 Å². The Morgan fingerprint density at radius 3 is 1.37 bits per heavy atom. The number of hydrogen-bond donors (Lipinski definition) is 3. The lowest BCUT2D eigenvalue weighted by Gasteiger charge is -2.20. The van der Waals surface area contributed by atoms with Crippen LogP contribution in [0.4, 0.5) is 102 Å². The van der Waals surface area contributed by atoms with Gasteiger partial charge in [0.05, 0.1) is 72.0 Å². The maximum Gasteiger partial charge on any atom is 0.416 e. The number of hydrogen-bond acceptors (Lipinski definition) is 11. The summed E-state index contributed by atoms with van der Waals surface area (Å²) < 4.78 is 237. The number of aromatic nitrogens is 2. The van der Waals surface area contributed by atoms with Crippen LogP contribution in [0.5, 0.6) is 0 Å². The molecule has 10 rings (SSSR count). The van der Waals surface area contributed by atoms with E-state index in [4.69, 9.17) is 5.73 Å². The predicted molar refractivity (Wildman–Crippen MR) is 332 cm³/mol. The summed E-state index contributed by atoms with van der Waals surface area (Å²) in [7, 11) is 4.53. The molecule has 2 amide bonds. The molecule has 0 aliphatic carbocycles. The van der Waals surface area contributed by atoms with Gasteiger partial charge < -0.3 is 25.8 Å². The number of aryl methyl sites for hydroxylation is 1. The molecule has 0 aliphatic heterocycles. The smallest absolute Gasteiger partial charge is 0.397 e. The first-order chi connectivity index (χ1) is 42.8. The number of nitrogens with two attached hydrogens (primary N) is 1. The summed E-state index contributed by atoms with van der Waals surface area (Å²) in [6.45, 7) is 5.59. The van der Waals surface area contributed by atoms with Gasteiger partial charge >= 0.3 is 37.1 Å². The zero-order chi connectivity index (χ0) is 68.0. The van der Waals surface area contributed by atoms with E-state index < -0.39 is 82.3 Å². The number of alkyl halides is 18. The Bertz CT molecular complexity index is 4390. The third-order valence-corrected chi connectivity index (χ3v) is 20.3. The van der Waals surface area contributed by atoms with Crippen LogP contribution in [0.2, 0.25) is 0 Å². The molecule has 0 saturated heterocycles. The van der Waals surface area contributed by atoms with Crippen molar-refractivity contribution in [2.24, 2.45) is 7.05 Å². The lowest BCUT2D eigenvalue weighted by atomic mass is 10.1. The SMILES string of the molecule is CCSc1c(-c2nc3cc(C(F)(F)F)ccc3n2C)sc2cc(C(F)(F)F)ccc12.CCSc1c(C(=O)N(C)c2ccc(C(F)(F)F)cc2N)sc2cc(C(F)(F)F)ccc12.CCSc1c(C(=O)Nc2cc(C(F)(F)F)ccc2NC)sc2cc(C(F)(F)F)ccc12. The molecule has 0 saturated carbocycles. The molecule has 0 spiro atoms. The van der Waals surface area contributed by atoms with Crippen LogP contribution >= 0.6 is 69.3 Å². The molecule has 0 aliphatic rings. The summed E-state index contributed by atoms with van der Waals surface area (Å²) in [5.74, 6) is 0.966. The summed E-state index contributed by atoms with van der Waals surface area (Å²) in [5, 5.41) is 6.87. The molecule has 32 heteroatoms. The van der Waals surface area contributed by atoms with Gasteiger partial charge in [-0.3, -0.25) is 9.59 Å².